The fraction of sp³-hybridized carbons (Fsp3) is 0.533. The van der Waals surface area contributed by atoms with Crippen molar-refractivity contribution in [3.8, 4) is 0 Å². The number of hydrogen-bond donors (Lipinski definition) is 1. The van der Waals surface area contributed by atoms with Gasteiger partial charge in [-0.15, -0.1) is 0 Å². The molecule has 2 atom stereocenters. The van der Waals surface area contributed by atoms with Crippen molar-refractivity contribution in [3.63, 3.8) is 0 Å². The molecule has 6 heteroatoms. The van der Waals surface area contributed by atoms with E-state index in [1.807, 2.05) is 0 Å². The lowest BCUT2D eigenvalue weighted by molar-refractivity contribution is 0.0938. The highest BCUT2D eigenvalue weighted by atomic mass is 79.9. The molecule has 1 saturated carbocycles. The average molecular weight is 351 g/mol. The van der Waals surface area contributed by atoms with Crippen LogP contribution >= 0.6 is 15.9 Å². The Bertz CT molecular complexity index is 627. The highest BCUT2D eigenvalue weighted by Gasteiger charge is 2.25. The minimum absolute atomic E-state index is 0.0584. The molecule has 0 aromatic carbocycles. The van der Waals surface area contributed by atoms with Crippen molar-refractivity contribution in [2.24, 2.45) is 11.8 Å². The first-order valence-electron chi connectivity index (χ1n) is 7.41. The Morgan fingerprint density at radius 1 is 1.33 bits per heavy atom. The summed E-state index contributed by atoms with van der Waals surface area (Å²) < 4.78 is 1.67. The molecule has 0 radical (unpaired) electrons. The molecule has 1 amide bonds. The molecule has 0 bridgehead atoms. The van der Waals surface area contributed by atoms with E-state index in [1.165, 1.54) is 25.7 Å². The van der Waals surface area contributed by atoms with E-state index in [0.717, 1.165) is 17.4 Å². The number of carbonyl (C=O) groups is 1. The van der Waals surface area contributed by atoms with E-state index < -0.39 is 0 Å². The number of alkyl halides is 1. The van der Waals surface area contributed by atoms with Gasteiger partial charge in [0, 0.05) is 24.3 Å². The molecule has 2 heterocycles. The number of hydrogen-bond acceptors (Lipinski definition) is 3. The molecule has 2 aromatic rings. The molecule has 1 fully saturated rings. The summed E-state index contributed by atoms with van der Waals surface area (Å²) in [5.41, 5.74) is 1.34. The molecule has 3 rings (SSSR count). The van der Waals surface area contributed by atoms with Crippen LogP contribution in [-0.4, -0.2) is 32.4 Å². The highest BCUT2D eigenvalue weighted by molar-refractivity contribution is 9.09. The monoisotopic (exact) mass is 350 g/mol. The molecular formula is C15H19BrN4O. The number of nitrogens with one attached hydrogen (secondary N) is 1. The third-order valence-electron chi connectivity index (χ3n) is 4.36. The summed E-state index contributed by atoms with van der Waals surface area (Å²) in [5, 5.41) is 8.27. The fourth-order valence-corrected chi connectivity index (χ4v) is 3.94. The molecule has 1 aliphatic rings. The number of aromatic nitrogens is 3. The van der Waals surface area contributed by atoms with Gasteiger partial charge in [-0.25, -0.2) is 4.52 Å². The Hall–Kier alpha value is -1.43. The second kappa shape index (κ2) is 6.56. The Labute approximate surface area is 132 Å². The number of nitrogens with zero attached hydrogens (tertiary/aromatic N) is 3. The Balaban J connectivity index is 1.66. The molecule has 0 aliphatic heterocycles. The van der Waals surface area contributed by atoms with Gasteiger partial charge in [-0.3, -0.25) is 9.78 Å². The normalized spacial score (nSPS) is 22.3. The van der Waals surface area contributed by atoms with E-state index in [-0.39, 0.29) is 5.91 Å². The number of carbonyl (C=O) groups excluding carboxylic acids is 1. The van der Waals surface area contributed by atoms with Crippen LogP contribution in [0.3, 0.4) is 0 Å². The quantitative estimate of drug-likeness (QED) is 0.862. The van der Waals surface area contributed by atoms with Gasteiger partial charge in [-0.2, -0.15) is 5.10 Å². The zero-order valence-corrected chi connectivity index (χ0v) is 13.4. The lowest BCUT2D eigenvalue weighted by atomic mass is 9.80. The van der Waals surface area contributed by atoms with Crippen LogP contribution in [0.25, 0.3) is 5.52 Å². The largest absolute Gasteiger partial charge is 0.352 e. The summed E-state index contributed by atoms with van der Waals surface area (Å²) in [6.45, 7) is 0.743. The highest BCUT2D eigenvalue weighted by Crippen LogP contribution is 2.30. The van der Waals surface area contributed by atoms with Crippen LogP contribution in [0, 0.1) is 11.8 Å². The smallest absolute Gasteiger partial charge is 0.255 e. The summed E-state index contributed by atoms with van der Waals surface area (Å²) >= 11 is 3.60. The van der Waals surface area contributed by atoms with Crippen molar-refractivity contribution >= 4 is 27.4 Å². The summed E-state index contributed by atoms with van der Waals surface area (Å²) in [4.78, 5) is 16.4. The van der Waals surface area contributed by atoms with E-state index in [0.29, 0.717) is 17.4 Å². The fourth-order valence-electron chi connectivity index (χ4n) is 3.08. The Kier molecular flexibility index (Phi) is 4.53. The van der Waals surface area contributed by atoms with Crippen molar-refractivity contribution in [1.29, 1.82) is 0 Å². The van der Waals surface area contributed by atoms with Gasteiger partial charge in [0.1, 0.15) is 0 Å². The molecule has 0 spiro atoms. The zero-order valence-electron chi connectivity index (χ0n) is 11.8. The third-order valence-corrected chi connectivity index (χ3v) is 5.19. The van der Waals surface area contributed by atoms with Crippen LogP contribution in [0.1, 0.15) is 36.0 Å². The topological polar surface area (TPSA) is 59.3 Å². The minimum Gasteiger partial charge on any atom is -0.352 e. The van der Waals surface area contributed by atoms with Crippen LogP contribution in [-0.2, 0) is 0 Å². The van der Waals surface area contributed by atoms with Gasteiger partial charge in [0.15, 0.2) is 0 Å². The van der Waals surface area contributed by atoms with Gasteiger partial charge in [0.25, 0.3) is 5.91 Å². The summed E-state index contributed by atoms with van der Waals surface area (Å²) in [7, 11) is 0. The molecule has 0 saturated heterocycles. The maximum atomic E-state index is 12.4. The van der Waals surface area contributed by atoms with Crippen LogP contribution in [0.2, 0.25) is 0 Å². The maximum Gasteiger partial charge on any atom is 0.255 e. The lowest BCUT2D eigenvalue weighted by Crippen LogP contribution is -2.34. The molecule has 1 aliphatic carbocycles. The molecular weight excluding hydrogens is 332 g/mol. The van der Waals surface area contributed by atoms with Gasteiger partial charge >= 0.3 is 0 Å². The summed E-state index contributed by atoms with van der Waals surface area (Å²) in [6.07, 6.45) is 11.7. The van der Waals surface area contributed by atoms with Crippen LogP contribution in [0.5, 0.6) is 0 Å². The van der Waals surface area contributed by atoms with Crippen LogP contribution in [0.4, 0.5) is 0 Å². The summed E-state index contributed by atoms with van der Waals surface area (Å²) in [5.74, 6) is 1.18. The number of rotatable bonds is 4. The SMILES string of the molecule is O=C(NCC1CCCCC1CBr)c1cnn2ccncc12. The van der Waals surface area contributed by atoms with Gasteiger partial charge < -0.3 is 5.32 Å². The van der Waals surface area contributed by atoms with E-state index in [1.54, 1.807) is 29.3 Å². The van der Waals surface area contributed by atoms with Crippen molar-refractivity contribution in [1.82, 2.24) is 19.9 Å². The van der Waals surface area contributed by atoms with Crippen LogP contribution in [0.15, 0.2) is 24.8 Å². The average Bonchev–Trinajstić information content (AvgIpc) is 2.97. The third kappa shape index (κ3) is 3.10. The van der Waals surface area contributed by atoms with Gasteiger partial charge in [0.2, 0.25) is 0 Å². The van der Waals surface area contributed by atoms with Crippen molar-refractivity contribution in [2.45, 2.75) is 25.7 Å². The number of fused-ring (bicyclic) bond motifs is 1. The van der Waals surface area contributed by atoms with E-state index >= 15 is 0 Å². The number of amides is 1. The van der Waals surface area contributed by atoms with Crippen molar-refractivity contribution in [2.75, 3.05) is 11.9 Å². The first-order valence-corrected chi connectivity index (χ1v) is 8.53. The molecule has 1 N–H and O–H groups in total. The van der Waals surface area contributed by atoms with E-state index in [9.17, 15) is 4.79 Å². The standard InChI is InChI=1S/C15H19BrN4O/c16-7-11-3-1-2-4-12(11)8-18-15(21)13-9-19-20-6-5-17-10-14(13)20/h5-6,9-12H,1-4,7-8H2,(H,18,21). The van der Waals surface area contributed by atoms with Gasteiger partial charge in [0.05, 0.1) is 23.5 Å². The predicted molar refractivity (Wildman–Crippen MR) is 84.6 cm³/mol. The minimum atomic E-state index is -0.0584. The maximum absolute atomic E-state index is 12.4. The number of halogens is 1. The lowest BCUT2D eigenvalue weighted by Gasteiger charge is -2.30. The van der Waals surface area contributed by atoms with Crippen molar-refractivity contribution in [3.05, 3.63) is 30.4 Å². The first kappa shape index (κ1) is 14.5. The molecule has 5 nitrogen and oxygen atoms in total. The molecule has 2 unspecified atom stereocenters. The molecule has 21 heavy (non-hydrogen) atoms. The Morgan fingerprint density at radius 3 is 2.95 bits per heavy atom. The second-order valence-electron chi connectivity index (χ2n) is 5.63. The predicted octanol–water partition coefficient (Wildman–Crippen LogP) is 2.66. The second-order valence-corrected chi connectivity index (χ2v) is 6.28. The molecule has 112 valence electrons. The summed E-state index contributed by atoms with van der Waals surface area (Å²) in [6, 6.07) is 0. The van der Waals surface area contributed by atoms with Gasteiger partial charge in [-0.05, 0) is 24.7 Å². The Morgan fingerprint density at radius 2 is 2.14 bits per heavy atom. The zero-order chi connectivity index (χ0) is 14.7. The first-order chi connectivity index (χ1) is 10.3. The van der Waals surface area contributed by atoms with Crippen LogP contribution < -0.4 is 5.32 Å². The van der Waals surface area contributed by atoms with E-state index in [2.05, 4.69) is 31.3 Å². The van der Waals surface area contributed by atoms with Gasteiger partial charge in [-0.1, -0.05) is 28.8 Å². The van der Waals surface area contributed by atoms with E-state index in [4.69, 9.17) is 0 Å². The van der Waals surface area contributed by atoms with Crippen molar-refractivity contribution < 1.29 is 4.79 Å². The molecule has 2 aromatic heterocycles.